The number of hydrogen-bond donors (Lipinski definition) is 0. The fraction of sp³-hybridized carbons (Fsp3) is 0.250. The Hall–Kier alpha value is -2.37. The Labute approximate surface area is 163 Å². The van der Waals surface area contributed by atoms with Crippen LogP contribution in [0, 0.1) is 29.4 Å². The van der Waals surface area contributed by atoms with E-state index in [0.29, 0.717) is 11.5 Å². The molecule has 136 valence electrons. The van der Waals surface area contributed by atoms with Crippen molar-refractivity contribution in [3.05, 3.63) is 81.9 Å². The van der Waals surface area contributed by atoms with Crippen molar-refractivity contribution in [2.75, 3.05) is 0 Å². The molecule has 0 radical (unpaired) electrons. The molecule has 0 heterocycles. The Morgan fingerprint density at radius 2 is 1.81 bits per heavy atom. The summed E-state index contributed by atoms with van der Waals surface area (Å²) in [6.07, 6.45) is 3.13. The molecular weight excluding hydrogens is 362 g/mol. The number of benzene rings is 3. The number of fused-ring (bicyclic) bond motifs is 3. The van der Waals surface area contributed by atoms with Gasteiger partial charge in [0, 0.05) is 11.5 Å². The highest BCUT2D eigenvalue weighted by molar-refractivity contribution is 6.30. The van der Waals surface area contributed by atoms with Crippen molar-refractivity contribution in [1.29, 1.82) is 0 Å². The van der Waals surface area contributed by atoms with E-state index in [9.17, 15) is 8.78 Å². The van der Waals surface area contributed by atoms with Crippen LogP contribution < -0.4 is 0 Å². The second-order valence-corrected chi connectivity index (χ2v) is 7.44. The van der Waals surface area contributed by atoms with Crippen LogP contribution in [0.5, 0.6) is 0 Å². The summed E-state index contributed by atoms with van der Waals surface area (Å²) in [6, 6.07) is 15.1. The molecule has 0 amide bonds. The third-order valence-corrected chi connectivity index (χ3v) is 5.89. The molecule has 27 heavy (non-hydrogen) atoms. The van der Waals surface area contributed by atoms with Crippen molar-refractivity contribution in [2.24, 2.45) is 5.92 Å². The van der Waals surface area contributed by atoms with Crippen molar-refractivity contribution in [3.8, 4) is 11.8 Å². The van der Waals surface area contributed by atoms with E-state index in [-0.39, 0.29) is 5.92 Å². The molecule has 0 aliphatic heterocycles. The molecule has 3 aromatic carbocycles. The Morgan fingerprint density at radius 1 is 1.07 bits per heavy atom. The van der Waals surface area contributed by atoms with Crippen molar-refractivity contribution < 1.29 is 8.78 Å². The van der Waals surface area contributed by atoms with Crippen LogP contribution in [0.15, 0.2) is 48.5 Å². The highest BCUT2D eigenvalue weighted by Crippen LogP contribution is 2.40. The van der Waals surface area contributed by atoms with Gasteiger partial charge < -0.3 is 0 Å². The smallest absolute Gasteiger partial charge is 0.146 e. The zero-order valence-corrected chi connectivity index (χ0v) is 15.8. The molecule has 1 aliphatic carbocycles. The fourth-order valence-electron chi connectivity index (χ4n) is 4.10. The number of aryl methyl sites for hydroxylation is 1. The van der Waals surface area contributed by atoms with E-state index < -0.39 is 16.7 Å². The summed E-state index contributed by atoms with van der Waals surface area (Å²) in [5.41, 5.74) is 2.91. The van der Waals surface area contributed by atoms with Gasteiger partial charge in [-0.25, -0.2) is 8.78 Å². The molecule has 0 saturated carbocycles. The molecule has 3 aromatic rings. The Kier molecular flexibility index (Phi) is 4.89. The summed E-state index contributed by atoms with van der Waals surface area (Å²) >= 11 is 5.57. The minimum atomic E-state index is -0.775. The summed E-state index contributed by atoms with van der Waals surface area (Å²) in [5, 5.41) is 2.03. The average Bonchev–Trinajstić information content (AvgIpc) is 2.69. The van der Waals surface area contributed by atoms with E-state index >= 15 is 0 Å². The van der Waals surface area contributed by atoms with Crippen LogP contribution in [0.4, 0.5) is 8.78 Å². The summed E-state index contributed by atoms with van der Waals surface area (Å²) < 4.78 is 27.4. The van der Waals surface area contributed by atoms with Gasteiger partial charge >= 0.3 is 0 Å². The van der Waals surface area contributed by atoms with Crippen LogP contribution in [0.1, 0.15) is 42.4 Å². The maximum absolute atomic E-state index is 13.7. The molecule has 0 fully saturated rings. The first-order valence-electron chi connectivity index (χ1n) is 9.25. The van der Waals surface area contributed by atoms with Crippen LogP contribution in [-0.2, 0) is 6.42 Å². The van der Waals surface area contributed by atoms with Crippen molar-refractivity contribution in [2.45, 2.75) is 32.1 Å². The van der Waals surface area contributed by atoms with Gasteiger partial charge in [0.1, 0.15) is 16.7 Å². The summed E-state index contributed by atoms with van der Waals surface area (Å²) in [6.45, 7) is 2.17. The molecule has 2 atom stereocenters. The highest BCUT2D eigenvalue weighted by Gasteiger charge is 2.28. The standard InChI is InChI=1S/C24H19ClF2/c1-2-16-8-11-20-18-6-4-3-5-17(18)9-12-21(20)19(16)10-7-15-13-22(26)24(25)23(27)14-15/h3-6,9,12-14,16,19H,2,8,11H2,1H3/t16-,19+/m1/s1. The minimum absolute atomic E-state index is 0.0603. The predicted molar refractivity (Wildman–Crippen MR) is 107 cm³/mol. The second kappa shape index (κ2) is 7.33. The predicted octanol–water partition coefficient (Wildman–Crippen LogP) is 6.88. The van der Waals surface area contributed by atoms with Gasteiger partial charge in [0.25, 0.3) is 0 Å². The van der Waals surface area contributed by atoms with E-state index in [0.717, 1.165) is 19.3 Å². The summed E-state index contributed by atoms with van der Waals surface area (Å²) in [5.74, 6) is 5.24. The maximum atomic E-state index is 13.7. The van der Waals surface area contributed by atoms with Gasteiger partial charge in [0.15, 0.2) is 0 Å². The van der Waals surface area contributed by atoms with Crippen molar-refractivity contribution in [1.82, 2.24) is 0 Å². The van der Waals surface area contributed by atoms with Crippen LogP contribution in [-0.4, -0.2) is 0 Å². The normalized spacial score (nSPS) is 18.7. The number of halogens is 3. The average molecular weight is 381 g/mol. The van der Waals surface area contributed by atoms with E-state index in [1.807, 2.05) is 6.07 Å². The third kappa shape index (κ3) is 3.33. The van der Waals surface area contributed by atoms with Crippen LogP contribution in [0.25, 0.3) is 10.8 Å². The Morgan fingerprint density at radius 3 is 2.56 bits per heavy atom. The molecule has 0 nitrogen and oxygen atoms in total. The van der Waals surface area contributed by atoms with E-state index in [1.165, 1.54) is 34.0 Å². The van der Waals surface area contributed by atoms with Crippen molar-refractivity contribution in [3.63, 3.8) is 0 Å². The highest BCUT2D eigenvalue weighted by atomic mass is 35.5. The molecule has 4 rings (SSSR count). The lowest BCUT2D eigenvalue weighted by atomic mass is 9.73. The van der Waals surface area contributed by atoms with Gasteiger partial charge in [-0.05, 0) is 52.8 Å². The second-order valence-electron chi connectivity index (χ2n) is 7.06. The van der Waals surface area contributed by atoms with E-state index in [4.69, 9.17) is 11.6 Å². The molecule has 0 unspecified atom stereocenters. The lowest BCUT2D eigenvalue weighted by molar-refractivity contribution is 0.414. The monoisotopic (exact) mass is 380 g/mol. The maximum Gasteiger partial charge on any atom is 0.146 e. The Balaban J connectivity index is 1.80. The zero-order valence-electron chi connectivity index (χ0n) is 15.0. The lowest BCUT2D eigenvalue weighted by Gasteiger charge is -2.30. The molecular formula is C24H19ClF2. The van der Waals surface area contributed by atoms with E-state index in [2.05, 4.69) is 49.1 Å². The summed E-state index contributed by atoms with van der Waals surface area (Å²) in [7, 11) is 0. The Bertz CT molecular complexity index is 1050. The SMILES string of the molecule is CC[C@@H]1CCc2c(ccc3ccccc23)[C@H]1C#Cc1cc(F)c(Cl)c(F)c1. The quantitative estimate of drug-likeness (QED) is 0.319. The minimum Gasteiger partial charge on any atom is -0.205 e. The molecule has 0 bridgehead atoms. The van der Waals surface area contributed by atoms with Gasteiger partial charge in [-0.1, -0.05) is 73.2 Å². The first kappa shape index (κ1) is 18.0. The fourth-order valence-corrected chi connectivity index (χ4v) is 4.21. The number of hydrogen-bond acceptors (Lipinski definition) is 0. The van der Waals surface area contributed by atoms with Gasteiger partial charge in [-0.15, -0.1) is 0 Å². The number of rotatable bonds is 1. The third-order valence-electron chi connectivity index (χ3n) is 5.53. The molecule has 0 aromatic heterocycles. The first-order valence-corrected chi connectivity index (χ1v) is 9.63. The van der Waals surface area contributed by atoms with Crippen LogP contribution in [0.2, 0.25) is 5.02 Å². The van der Waals surface area contributed by atoms with Crippen LogP contribution >= 0.6 is 11.6 Å². The molecule has 0 spiro atoms. The molecule has 1 aliphatic rings. The molecule has 3 heteroatoms. The molecule has 0 N–H and O–H groups in total. The van der Waals surface area contributed by atoms with Gasteiger partial charge in [-0.2, -0.15) is 0 Å². The van der Waals surface area contributed by atoms with Crippen LogP contribution in [0.3, 0.4) is 0 Å². The van der Waals surface area contributed by atoms with Gasteiger partial charge in [0.05, 0.1) is 0 Å². The first-order chi connectivity index (χ1) is 13.1. The van der Waals surface area contributed by atoms with E-state index in [1.54, 1.807) is 0 Å². The van der Waals surface area contributed by atoms with Crippen molar-refractivity contribution >= 4 is 22.4 Å². The largest absolute Gasteiger partial charge is 0.205 e. The zero-order chi connectivity index (χ0) is 19.0. The molecule has 0 saturated heterocycles. The lowest BCUT2D eigenvalue weighted by Crippen LogP contribution is -2.19. The van der Waals surface area contributed by atoms with Gasteiger partial charge in [0.2, 0.25) is 0 Å². The summed E-state index contributed by atoms with van der Waals surface area (Å²) in [4.78, 5) is 0. The van der Waals surface area contributed by atoms with Gasteiger partial charge in [-0.3, -0.25) is 0 Å². The topological polar surface area (TPSA) is 0 Å².